The highest BCUT2D eigenvalue weighted by molar-refractivity contribution is 9.10. The van der Waals surface area contributed by atoms with Gasteiger partial charge >= 0.3 is 18.2 Å². The molecule has 0 fully saturated rings. The molecule has 13 heteroatoms. The number of esters is 1. The third-order valence-corrected chi connectivity index (χ3v) is 9.92. The number of carbonyl (C=O) groups excluding carboxylic acids is 4. The molecule has 0 heterocycles. The summed E-state index contributed by atoms with van der Waals surface area (Å²) in [4.78, 5) is 51.1. The normalized spacial score (nSPS) is 14.2. The van der Waals surface area contributed by atoms with Crippen LogP contribution < -0.4 is 5.32 Å². The minimum atomic E-state index is -1.17. The highest BCUT2D eigenvalue weighted by atomic mass is 79.9. The van der Waals surface area contributed by atoms with Crippen LogP contribution >= 0.6 is 49.3 Å². The lowest BCUT2D eigenvalue weighted by Gasteiger charge is -2.24. The molecule has 0 bridgehead atoms. The van der Waals surface area contributed by atoms with E-state index >= 15 is 0 Å². The first kappa shape index (κ1) is 40.5. The molecular formula is C31H48BrNO8S3. The van der Waals surface area contributed by atoms with E-state index < -0.39 is 36.0 Å². The topological polar surface area (TPSA) is 117 Å². The van der Waals surface area contributed by atoms with E-state index in [1.54, 1.807) is 18.7 Å². The number of halogens is 1. The quantitative estimate of drug-likeness (QED) is 0.0643. The van der Waals surface area contributed by atoms with Gasteiger partial charge in [0, 0.05) is 29.6 Å². The van der Waals surface area contributed by atoms with Crippen molar-refractivity contribution in [1.29, 1.82) is 0 Å². The van der Waals surface area contributed by atoms with Gasteiger partial charge in [-0.15, -0.1) is 0 Å². The van der Waals surface area contributed by atoms with Crippen LogP contribution in [0.5, 0.6) is 0 Å². The van der Waals surface area contributed by atoms with Crippen molar-refractivity contribution < 1.29 is 38.1 Å². The molecule has 0 aliphatic heterocycles. The third kappa shape index (κ3) is 18.4. The molecule has 1 N–H and O–H groups in total. The van der Waals surface area contributed by atoms with Crippen LogP contribution in [0.4, 0.5) is 9.59 Å². The lowest BCUT2D eigenvalue weighted by molar-refractivity contribution is -0.173. The number of benzene rings is 1. The van der Waals surface area contributed by atoms with Gasteiger partial charge in [-0.05, 0) is 82.6 Å². The first-order valence-electron chi connectivity index (χ1n) is 14.7. The minimum Gasteiger partial charge on any atom is -0.444 e. The molecule has 0 spiro atoms. The Hall–Kier alpha value is -1.57. The van der Waals surface area contributed by atoms with Crippen LogP contribution in [0.15, 0.2) is 28.7 Å². The summed E-state index contributed by atoms with van der Waals surface area (Å²) in [5.74, 6) is 0.254. The second-order valence-electron chi connectivity index (χ2n) is 11.6. The van der Waals surface area contributed by atoms with Gasteiger partial charge in [0.15, 0.2) is 0 Å². The van der Waals surface area contributed by atoms with Gasteiger partial charge in [0.2, 0.25) is 6.29 Å². The highest BCUT2D eigenvalue weighted by Crippen LogP contribution is 2.34. The smallest absolute Gasteiger partial charge is 0.444 e. The summed E-state index contributed by atoms with van der Waals surface area (Å²) in [6.07, 6.45) is 1.11. The van der Waals surface area contributed by atoms with Crippen molar-refractivity contribution in [3.8, 4) is 0 Å². The van der Waals surface area contributed by atoms with Crippen LogP contribution in [0, 0.1) is 11.8 Å². The number of Topliss-reactive ketones (excluding diaryl/α,β-unsaturated/α-hetero) is 1. The molecule has 1 amide bonds. The Balaban J connectivity index is 3.00. The number of hydrogen-bond acceptors (Lipinski definition) is 11. The fourth-order valence-electron chi connectivity index (χ4n) is 3.88. The van der Waals surface area contributed by atoms with Crippen molar-refractivity contribution in [2.24, 2.45) is 11.8 Å². The summed E-state index contributed by atoms with van der Waals surface area (Å²) in [7, 11) is 3.01. The highest BCUT2D eigenvalue weighted by Gasteiger charge is 2.31. The number of hydrogen-bond donors (Lipinski definition) is 1. The molecule has 0 aliphatic carbocycles. The van der Waals surface area contributed by atoms with Crippen molar-refractivity contribution in [2.45, 2.75) is 97.3 Å². The maximum absolute atomic E-state index is 13.7. The standard InChI is InChI=1S/C31H48BrNO8S3/c1-9-38-30(37)40-21(4)39-28(35)23(17-22-10-12-24(32)13-11-22)18-26(34)27(16-20(2)3)44-43-19-25(14-15-42-8)33-29(36)41-31(5,6)7/h10-13,20-21,23,25,27H,9,14-19H2,1-8H3,(H,33,36). The summed E-state index contributed by atoms with van der Waals surface area (Å²) >= 11 is 5.12. The lowest BCUT2D eigenvalue weighted by Crippen LogP contribution is -2.40. The first-order chi connectivity index (χ1) is 20.6. The molecule has 1 rings (SSSR count). The Bertz CT molecular complexity index is 1040. The molecule has 0 aromatic heterocycles. The third-order valence-electron chi connectivity index (χ3n) is 5.87. The molecule has 0 radical (unpaired) electrons. The van der Waals surface area contributed by atoms with Crippen molar-refractivity contribution in [3.63, 3.8) is 0 Å². The largest absolute Gasteiger partial charge is 0.511 e. The first-order valence-corrected chi connectivity index (χ1v) is 19.3. The predicted octanol–water partition coefficient (Wildman–Crippen LogP) is 8.07. The Kier molecular flexibility index (Phi) is 19.6. The summed E-state index contributed by atoms with van der Waals surface area (Å²) in [5, 5.41) is 2.60. The minimum absolute atomic E-state index is 0.0297. The number of alkyl carbamates (subject to hydrolysis) is 1. The molecule has 4 unspecified atom stereocenters. The van der Waals surface area contributed by atoms with Gasteiger partial charge in [-0.1, -0.05) is 63.5 Å². The number of amides is 1. The number of nitrogens with one attached hydrogen (secondary N) is 1. The van der Waals surface area contributed by atoms with Crippen LogP contribution in [0.2, 0.25) is 0 Å². The summed E-state index contributed by atoms with van der Waals surface area (Å²) < 4.78 is 21.5. The zero-order valence-corrected chi connectivity index (χ0v) is 31.1. The molecule has 250 valence electrons. The fraction of sp³-hybridized carbons (Fsp3) is 0.677. The van der Waals surface area contributed by atoms with E-state index in [9.17, 15) is 19.2 Å². The lowest BCUT2D eigenvalue weighted by atomic mass is 9.92. The van der Waals surface area contributed by atoms with Crippen LogP contribution in [0.1, 0.15) is 73.3 Å². The molecule has 0 saturated heterocycles. The molecule has 0 aliphatic rings. The molecule has 9 nitrogen and oxygen atoms in total. The summed E-state index contributed by atoms with van der Waals surface area (Å²) in [6, 6.07) is 7.40. The number of ketones is 1. The maximum Gasteiger partial charge on any atom is 0.511 e. The zero-order chi connectivity index (χ0) is 33.3. The maximum atomic E-state index is 13.7. The van der Waals surface area contributed by atoms with Crippen LogP contribution in [-0.2, 0) is 35.0 Å². The van der Waals surface area contributed by atoms with E-state index in [1.807, 2.05) is 51.3 Å². The molecule has 0 saturated carbocycles. The average molecular weight is 739 g/mol. The number of carbonyl (C=O) groups is 4. The van der Waals surface area contributed by atoms with Crippen molar-refractivity contribution >= 4 is 73.3 Å². The molecular weight excluding hydrogens is 690 g/mol. The second-order valence-corrected chi connectivity index (χ2v) is 16.1. The zero-order valence-electron chi connectivity index (χ0n) is 27.0. The second kappa shape index (κ2) is 21.3. The van der Waals surface area contributed by atoms with E-state index in [0.29, 0.717) is 12.2 Å². The van der Waals surface area contributed by atoms with Crippen LogP contribution in [0.25, 0.3) is 0 Å². The fourth-order valence-corrected chi connectivity index (χ4v) is 7.76. The van der Waals surface area contributed by atoms with Gasteiger partial charge < -0.3 is 24.3 Å². The Labute approximate surface area is 283 Å². The van der Waals surface area contributed by atoms with Gasteiger partial charge in [0.1, 0.15) is 11.4 Å². The molecule has 1 aromatic rings. The van der Waals surface area contributed by atoms with Gasteiger partial charge in [0.25, 0.3) is 0 Å². The van der Waals surface area contributed by atoms with Crippen molar-refractivity contribution in [3.05, 3.63) is 34.3 Å². The van der Waals surface area contributed by atoms with Crippen LogP contribution in [0.3, 0.4) is 0 Å². The molecule has 44 heavy (non-hydrogen) atoms. The number of rotatable bonds is 19. The van der Waals surface area contributed by atoms with E-state index in [-0.39, 0.29) is 42.4 Å². The Morgan fingerprint density at radius 3 is 2.25 bits per heavy atom. The summed E-state index contributed by atoms with van der Waals surface area (Å²) in [6.45, 7) is 12.8. The van der Waals surface area contributed by atoms with Gasteiger partial charge in [-0.3, -0.25) is 9.59 Å². The van der Waals surface area contributed by atoms with E-state index in [4.69, 9.17) is 18.9 Å². The molecule has 4 atom stereocenters. The average Bonchev–Trinajstić information content (AvgIpc) is 2.90. The van der Waals surface area contributed by atoms with Gasteiger partial charge in [0.05, 0.1) is 17.8 Å². The number of thioether (sulfide) groups is 1. The Morgan fingerprint density at radius 1 is 1.02 bits per heavy atom. The van der Waals surface area contributed by atoms with E-state index in [0.717, 1.165) is 22.2 Å². The Morgan fingerprint density at radius 2 is 1.68 bits per heavy atom. The van der Waals surface area contributed by atoms with Crippen molar-refractivity contribution in [2.75, 3.05) is 24.4 Å². The van der Waals surface area contributed by atoms with Gasteiger partial charge in [-0.2, -0.15) is 11.8 Å². The van der Waals surface area contributed by atoms with Crippen molar-refractivity contribution in [1.82, 2.24) is 5.32 Å². The molecule has 1 aromatic carbocycles. The summed E-state index contributed by atoms with van der Waals surface area (Å²) in [5.41, 5.74) is 0.274. The number of ether oxygens (including phenoxy) is 4. The van der Waals surface area contributed by atoms with E-state index in [1.165, 1.54) is 28.5 Å². The SMILES string of the molecule is CCOC(=O)OC(C)OC(=O)C(CC(=O)C(CC(C)C)SSCC(CCSC)NC(=O)OC(C)(C)C)Cc1ccc(Br)cc1. The monoisotopic (exact) mass is 737 g/mol. The predicted molar refractivity (Wildman–Crippen MR) is 184 cm³/mol. The van der Waals surface area contributed by atoms with Gasteiger partial charge in [-0.25, -0.2) is 9.59 Å². The van der Waals surface area contributed by atoms with E-state index in [2.05, 4.69) is 35.1 Å². The van der Waals surface area contributed by atoms with Crippen LogP contribution in [-0.4, -0.2) is 71.6 Å².